The van der Waals surface area contributed by atoms with Gasteiger partial charge >= 0.3 is 17.9 Å². The average Bonchev–Trinajstić information content (AvgIpc) is 2.56. The van der Waals surface area contributed by atoms with Crippen LogP contribution in [0.3, 0.4) is 0 Å². The van der Waals surface area contributed by atoms with Crippen molar-refractivity contribution < 1.29 is 29.0 Å². The van der Waals surface area contributed by atoms with Crippen LogP contribution in [0.4, 0.5) is 0 Å². The molecule has 0 aromatic heterocycles. The van der Waals surface area contributed by atoms with E-state index < -0.39 is 23.8 Å². The van der Waals surface area contributed by atoms with Gasteiger partial charge in [0.05, 0.1) is 6.61 Å². The van der Waals surface area contributed by atoms with E-state index in [4.69, 9.17) is 9.47 Å². The number of aliphatic carboxylic acids is 1. The van der Waals surface area contributed by atoms with Gasteiger partial charge in [-0.25, -0.2) is 4.79 Å². The number of carboxylic acids is 1. The van der Waals surface area contributed by atoms with E-state index in [2.05, 4.69) is 0 Å². The maximum atomic E-state index is 12.3. The maximum absolute atomic E-state index is 12.3. The third-order valence-electron chi connectivity index (χ3n) is 3.21. The SMILES string of the molecule is CCOC(=O)c1ccccc1OC(=O)C(C(=O)O)c1ccccc1. The van der Waals surface area contributed by atoms with Crippen LogP contribution in [0.2, 0.25) is 0 Å². The summed E-state index contributed by atoms with van der Waals surface area (Å²) in [4.78, 5) is 35.7. The van der Waals surface area contributed by atoms with E-state index >= 15 is 0 Å². The number of esters is 2. The Kier molecular flexibility index (Phi) is 5.68. The van der Waals surface area contributed by atoms with E-state index in [1.54, 1.807) is 37.3 Å². The largest absolute Gasteiger partial charge is 0.480 e. The second-order valence-corrected chi connectivity index (χ2v) is 4.82. The monoisotopic (exact) mass is 328 g/mol. The van der Waals surface area contributed by atoms with Gasteiger partial charge in [0.25, 0.3) is 0 Å². The quantitative estimate of drug-likeness (QED) is 0.498. The van der Waals surface area contributed by atoms with Gasteiger partial charge in [-0.1, -0.05) is 42.5 Å². The van der Waals surface area contributed by atoms with E-state index in [9.17, 15) is 19.5 Å². The normalized spacial score (nSPS) is 11.4. The fraction of sp³-hybridized carbons (Fsp3) is 0.167. The van der Waals surface area contributed by atoms with Crippen molar-refractivity contribution in [3.8, 4) is 5.75 Å². The van der Waals surface area contributed by atoms with Crippen LogP contribution in [-0.2, 0) is 14.3 Å². The van der Waals surface area contributed by atoms with Gasteiger partial charge in [0.2, 0.25) is 0 Å². The van der Waals surface area contributed by atoms with Crippen LogP contribution in [-0.4, -0.2) is 29.6 Å². The minimum Gasteiger partial charge on any atom is -0.480 e. The fourth-order valence-electron chi connectivity index (χ4n) is 2.13. The molecule has 0 radical (unpaired) electrons. The molecule has 124 valence electrons. The van der Waals surface area contributed by atoms with Crippen molar-refractivity contribution in [1.82, 2.24) is 0 Å². The zero-order chi connectivity index (χ0) is 17.5. The predicted molar refractivity (Wildman–Crippen MR) is 84.9 cm³/mol. The molecule has 24 heavy (non-hydrogen) atoms. The van der Waals surface area contributed by atoms with Gasteiger partial charge in [-0.3, -0.25) is 9.59 Å². The summed E-state index contributed by atoms with van der Waals surface area (Å²) in [6.07, 6.45) is 0. The van der Waals surface area contributed by atoms with Crippen molar-refractivity contribution >= 4 is 17.9 Å². The van der Waals surface area contributed by atoms with Crippen molar-refractivity contribution in [2.24, 2.45) is 0 Å². The molecule has 0 spiro atoms. The zero-order valence-corrected chi connectivity index (χ0v) is 13.0. The third-order valence-corrected chi connectivity index (χ3v) is 3.21. The highest BCUT2D eigenvalue weighted by Crippen LogP contribution is 2.23. The lowest BCUT2D eigenvalue weighted by molar-refractivity contribution is -0.148. The minimum atomic E-state index is -1.48. The molecule has 2 aromatic rings. The Morgan fingerprint density at radius 1 is 1.00 bits per heavy atom. The molecule has 0 fully saturated rings. The Bertz CT molecular complexity index is 738. The molecule has 0 bridgehead atoms. The summed E-state index contributed by atoms with van der Waals surface area (Å²) in [5.74, 6) is -4.48. The van der Waals surface area contributed by atoms with Crippen molar-refractivity contribution in [3.05, 3.63) is 65.7 Å². The van der Waals surface area contributed by atoms with Crippen LogP contribution >= 0.6 is 0 Å². The van der Waals surface area contributed by atoms with Gasteiger partial charge in [-0.05, 0) is 24.6 Å². The summed E-state index contributed by atoms with van der Waals surface area (Å²) in [6, 6.07) is 14.0. The van der Waals surface area contributed by atoms with Crippen LogP contribution in [0.15, 0.2) is 54.6 Å². The van der Waals surface area contributed by atoms with Crippen molar-refractivity contribution in [2.45, 2.75) is 12.8 Å². The van der Waals surface area contributed by atoms with Crippen molar-refractivity contribution in [2.75, 3.05) is 6.61 Å². The molecular weight excluding hydrogens is 312 g/mol. The smallest absolute Gasteiger partial charge is 0.341 e. The van der Waals surface area contributed by atoms with E-state index in [1.807, 2.05) is 0 Å². The Balaban J connectivity index is 2.28. The van der Waals surface area contributed by atoms with Gasteiger partial charge in [-0.15, -0.1) is 0 Å². The van der Waals surface area contributed by atoms with Crippen LogP contribution in [0, 0.1) is 0 Å². The second-order valence-electron chi connectivity index (χ2n) is 4.82. The second kappa shape index (κ2) is 7.92. The number of carbonyl (C=O) groups excluding carboxylic acids is 2. The molecule has 0 saturated heterocycles. The summed E-state index contributed by atoms with van der Waals surface area (Å²) in [5, 5.41) is 9.35. The van der Waals surface area contributed by atoms with Crippen LogP contribution in [0.25, 0.3) is 0 Å². The first kappa shape index (κ1) is 17.2. The van der Waals surface area contributed by atoms with Crippen molar-refractivity contribution in [1.29, 1.82) is 0 Å². The molecule has 1 N–H and O–H groups in total. The Labute approximate surface area is 138 Å². The summed E-state index contributed by atoms with van der Waals surface area (Å²) < 4.78 is 10.1. The van der Waals surface area contributed by atoms with Crippen LogP contribution in [0.1, 0.15) is 28.8 Å². The van der Waals surface area contributed by atoms with E-state index in [1.165, 1.54) is 24.3 Å². The van der Waals surface area contributed by atoms with E-state index in [0.29, 0.717) is 5.56 Å². The molecule has 2 aromatic carbocycles. The number of carbonyl (C=O) groups is 3. The highest BCUT2D eigenvalue weighted by atomic mass is 16.5. The van der Waals surface area contributed by atoms with Crippen molar-refractivity contribution in [3.63, 3.8) is 0 Å². The van der Waals surface area contributed by atoms with E-state index in [-0.39, 0.29) is 17.9 Å². The predicted octanol–water partition coefficient (Wildman–Crippen LogP) is 2.64. The third kappa shape index (κ3) is 3.98. The summed E-state index contributed by atoms with van der Waals surface area (Å²) in [5.41, 5.74) is 0.355. The van der Waals surface area contributed by atoms with Gasteiger partial charge in [0.1, 0.15) is 11.3 Å². The standard InChI is InChI=1S/C18H16O6/c1-2-23-17(21)13-10-6-7-11-14(13)24-18(22)15(16(19)20)12-8-4-3-5-9-12/h3-11,15H,2H2,1H3,(H,19,20). The molecule has 6 nitrogen and oxygen atoms in total. The summed E-state index contributed by atoms with van der Waals surface area (Å²) >= 11 is 0. The first-order valence-corrected chi connectivity index (χ1v) is 7.30. The molecule has 0 heterocycles. The van der Waals surface area contributed by atoms with Gasteiger partial charge in [0.15, 0.2) is 5.92 Å². The molecule has 0 amide bonds. The number of benzene rings is 2. The molecule has 0 aliphatic carbocycles. The molecule has 6 heteroatoms. The van der Waals surface area contributed by atoms with Crippen LogP contribution in [0.5, 0.6) is 5.75 Å². The van der Waals surface area contributed by atoms with Gasteiger partial charge in [0, 0.05) is 0 Å². The molecule has 1 atom stereocenters. The molecule has 0 aliphatic rings. The Morgan fingerprint density at radius 3 is 2.25 bits per heavy atom. The Morgan fingerprint density at radius 2 is 1.62 bits per heavy atom. The van der Waals surface area contributed by atoms with E-state index in [0.717, 1.165) is 0 Å². The zero-order valence-electron chi connectivity index (χ0n) is 13.0. The summed E-state index contributed by atoms with van der Waals surface area (Å²) in [7, 11) is 0. The molecule has 0 aliphatic heterocycles. The highest BCUT2D eigenvalue weighted by Gasteiger charge is 2.31. The summed E-state index contributed by atoms with van der Waals surface area (Å²) in [6.45, 7) is 1.82. The first-order valence-electron chi connectivity index (χ1n) is 7.30. The first-order chi connectivity index (χ1) is 11.5. The minimum absolute atomic E-state index is 0.0388. The van der Waals surface area contributed by atoms with Gasteiger partial charge < -0.3 is 14.6 Å². The lowest BCUT2D eigenvalue weighted by Gasteiger charge is -2.14. The van der Waals surface area contributed by atoms with Gasteiger partial charge in [-0.2, -0.15) is 0 Å². The lowest BCUT2D eigenvalue weighted by Crippen LogP contribution is -2.26. The number of carboxylic acid groups (broad SMARTS) is 1. The number of hydrogen-bond acceptors (Lipinski definition) is 5. The lowest BCUT2D eigenvalue weighted by atomic mass is 9.99. The highest BCUT2D eigenvalue weighted by molar-refractivity contribution is 6.01. The Hall–Kier alpha value is -3.15. The molecular formula is C18H16O6. The maximum Gasteiger partial charge on any atom is 0.341 e. The van der Waals surface area contributed by atoms with Crippen LogP contribution < -0.4 is 4.74 Å². The molecule has 0 saturated carbocycles. The topological polar surface area (TPSA) is 89.9 Å². The number of rotatable bonds is 6. The fourth-order valence-corrected chi connectivity index (χ4v) is 2.13. The molecule has 2 rings (SSSR count). The number of ether oxygens (including phenoxy) is 2. The number of para-hydroxylation sites is 1. The molecule has 1 unspecified atom stereocenters. The number of hydrogen-bond donors (Lipinski definition) is 1. The average molecular weight is 328 g/mol.